The van der Waals surface area contributed by atoms with Gasteiger partial charge < -0.3 is 10.0 Å². The van der Waals surface area contributed by atoms with Gasteiger partial charge in [-0.05, 0) is 55.9 Å². The van der Waals surface area contributed by atoms with E-state index in [0.29, 0.717) is 24.6 Å². The van der Waals surface area contributed by atoms with Crippen LogP contribution in [0.15, 0.2) is 29.6 Å². The van der Waals surface area contributed by atoms with E-state index < -0.39 is 0 Å². The predicted octanol–water partition coefficient (Wildman–Crippen LogP) is 3.69. The van der Waals surface area contributed by atoms with Gasteiger partial charge in [-0.2, -0.15) is 0 Å². The van der Waals surface area contributed by atoms with Crippen LogP contribution in [0.1, 0.15) is 25.7 Å². The molecule has 1 aromatic carbocycles. The van der Waals surface area contributed by atoms with Crippen LogP contribution in [0.3, 0.4) is 0 Å². The standard InChI is InChI=1S/C17H19FN2OS/c18-13-3-1-12(2-4-13)16-10-22-17(19-16)20-14-5-6-15(20)8-11(7-14)9-21/h1-4,10-11,14-15,21H,5-9H2/t11?,14-,15+. The fraction of sp³-hybridized carbons (Fsp3) is 0.471. The van der Waals surface area contributed by atoms with Crippen LogP contribution in [0, 0.1) is 11.7 Å². The molecule has 1 aromatic heterocycles. The van der Waals surface area contributed by atoms with Crippen LogP contribution in [0.2, 0.25) is 0 Å². The number of anilines is 1. The number of rotatable bonds is 3. The molecule has 3 atom stereocenters. The molecule has 5 heteroatoms. The molecule has 0 amide bonds. The average Bonchev–Trinajstić information content (AvgIpc) is 3.10. The van der Waals surface area contributed by atoms with Gasteiger partial charge in [0.15, 0.2) is 5.13 Å². The smallest absolute Gasteiger partial charge is 0.186 e. The lowest BCUT2D eigenvalue weighted by atomic mass is 9.92. The molecule has 2 aliphatic heterocycles. The summed E-state index contributed by atoms with van der Waals surface area (Å²) in [4.78, 5) is 7.25. The van der Waals surface area contributed by atoms with Gasteiger partial charge >= 0.3 is 0 Å². The molecular weight excluding hydrogens is 299 g/mol. The Balaban J connectivity index is 1.58. The largest absolute Gasteiger partial charge is 0.396 e. The maximum atomic E-state index is 13.0. The number of aromatic nitrogens is 1. The quantitative estimate of drug-likeness (QED) is 0.937. The molecule has 22 heavy (non-hydrogen) atoms. The first-order valence-corrected chi connectivity index (χ1v) is 8.73. The summed E-state index contributed by atoms with van der Waals surface area (Å²) in [5.41, 5.74) is 1.88. The van der Waals surface area contributed by atoms with Crippen LogP contribution in [0.4, 0.5) is 9.52 Å². The van der Waals surface area contributed by atoms with Crippen molar-refractivity contribution in [3.8, 4) is 11.3 Å². The first-order chi connectivity index (χ1) is 10.7. The second-order valence-corrected chi connectivity index (χ2v) is 7.17. The Kier molecular flexibility index (Phi) is 3.62. The molecule has 116 valence electrons. The van der Waals surface area contributed by atoms with Gasteiger partial charge in [0.25, 0.3) is 0 Å². The fourth-order valence-corrected chi connectivity index (χ4v) is 4.86. The van der Waals surface area contributed by atoms with E-state index in [-0.39, 0.29) is 5.82 Å². The maximum absolute atomic E-state index is 13.0. The normalized spacial score (nSPS) is 27.4. The third-order valence-electron chi connectivity index (χ3n) is 4.94. The third-order valence-corrected chi connectivity index (χ3v) is 5.80. The van der Waals surface area contributed by atoms with Gasteiger partial charge in [0, 0.05) is 29.6 Å². The molecule has 4 rings (SSSR count). The minimum absolute atomic E-state index is 0.219. The van der Waals surface area contributed by atoms with Gasteiger partial charge in [-0.25, -0.2) is 9.37 Å². The number of piperidine rings is 1. The summed E-state index contributed by atoms with van der Waals surface area (Å²) in [7, 11) is 0. The predicted molar refractivity (Wildman–Crippen MR) is 86.6 cm³/mol. The summed E-state index contributed by atoms with van der Waals surface area (Å²) in [6, 6.07) is 7.54. The Labute approximate surface area is 133 Å². The minimum Gasteiger partial charge on any atom is -0.396 e. The van der Waals surface area contributed by atoms with Crippen molar-refractivity contribution >= 4 is 16.5 Å². The number of aliphatic hydroxyl groups is 1. The lowest BCUT2D eigenvalue weighted by Crippen LogP contribution is -2.43. The summed E-state index contributed by atoms with van der Waals surface area (Å²) in [5, 5.41) is 12.6. The second-order valence-electron chi connectivity index (χ2n) is 6.33. The highest BCUT2D eigenvalue weighted by molar-refractivity contribution is 7.14. The van der Waals surface area contributed by atoms with Crippen molar-refractivity contribution in [2.24, 2.45) is 5.92 Å². The molecule has 2 saturated heterocycles. The van der Waals surface area contributed by atoms with Gasteiger partial charge in [-0.1, -0.05) is 0 Å². The van der Waals surface area contributed by atoms with Crippen LogP contribution in [0.25, 0.3) is 11.3 Å². The second kappa shape index (κ2) is 5.63. The van der Waals surface area contributed by atoms with E-state index in [4.69, 9.17) is 4.98 Å². The number of hydrogen-bond donors (Lipinski definition) is 1. The van der Waals surface area contributed by atoms with E-state index in [9.17, 15) is 9.50 Å². The van der Waals surface area contributed by atoms with Gasteiger partial charge in [-0.15, -0.1) is 11.3 Å². The molecule has 1 N–H and O–H groups in total. The Morgan fingerprint density at radius 3 is 2.50 bits per heavy atom. The van der Waals surface area contributed by atoms with Crippen molar-refractivity contribution in [1.82, 2.24) is 4.98 Å². The van der Waals surface area contributed by atoms with E-state index in [1.165, 1.54) is 25.0 Å². The van der Waals surface area contributed by atoms with Crippen molar-refractivity contribution in [2.75, 3.05) is 11.5 Å². The maximum Gasteiger partial charge on any atom is 0.186 e. The third kappa shape index (κ3) is 2.42. The molecule has 0 saturated carbocycles. The van der Waals surface area contributed by atoms with Gasteiger partial charge in [0.1, 0.15) is 5.82 Å². The zero-order valence-corrected chi connectivity index (χ0v) is 13.1. The molecule has 2 fully saturated rings. The minimum atomic E-state index is -0.219. The van der Waals surface area contributed by atoms with E-state index in [1.807, 2.05) is 0 Å². The number of benzene rings is 1. The van der Waals surface area contributed by atoms with E-state index >= 15 is 0 Å². The van der Waals surface area contributed by atoms with Crippen LogP contribution in [-0.2, 0) is 0 Å². The van der Waals surface area contributed by atoms with Crippen LogP contribution < -0.4 is 4.90 Å². The zero-order valence-electron chi connectivity index (χ0n) is 12.3. The molecule has 2 aromatic rings. The van der Waals surface area contributed by atoms with Crippen LogP contribution >= 0.6 is 11.3 Å². The highest BCUT2D eigenvalue weighted by atomic mass is 32.1. The summed E-state index contributed by atoms with van der Waals surface area (Å²) in [5.74, 6) is 0.230. The molecule has 1 unspecified atom stereocenters. The number of aliphatic hydroxyl groups excluding tert-OH is 1. The van der Waals surface area contributed by atoms with Crippen molar-refractivity contribution in [3.63, 3.8) is 0 Å². The molecule has 0 spiro atoms. The number of thiazole rings is 1. The van der Waals surface area contributed by atoms with Crippen molar-refractivity contribution in [1.29, 1.82) is 0 Å². The Morgan fingerprint density at radius 2 is 1.86 bits per heavy atom. The lowest BCUT2D eigenvalue weighted by Gasteiger charge is -2.38. The number of hydrogen-bond acceptors (Lipinski definition) is 4. The molecule has 3 nitrogen and oxygen atoms in total. The van der Waals surface area contributed by atoms with Gasteiger partial charge in [-0.3, -0.25) is 0 Å². The number of fused-ring (bicyclic) bond motifs is 2. The van der Waals surface area contributed by atoms with Crippen molar-refractivity contribution in [3.05, 3.63) is 35.5 Å². The van der Waals surface area contributed by atoms with Crippen LogP contribution in [-0.4, -0.2) is 28.8 Å². The van der Waals surface area contributed by atoms with E-state index in [0.717, 1.165) is 29.2 Å². The molecule has 0 radical (unpaired) electrons. The topological polar surface area (TPSA) is 36.4 Å². The highest BCUT2D eigenvalue weighted by Gasteiger charge is 2.41. The Hall–Kier alpha value is -1.46. The fourth-order valence-electron chi connectivity index (χ4n) is 3.89. The Morgan fingerprint density at radius 1 is 1.18 bits per heavy atom. The number of nitrogens with zero attached hydrogens (tertiary/aromatic N) is 2. The van der Waals surface area contributed by atoms with E-state index in [2.05, 4.69) is 10.3 Å². The molecule has 2 aliphatic rings. The molecule has 0 aliphatic carbocycles. The van der Waals surface area contributed by atoms with Gasteiger partial charge in [0.2, 0.25) is 0 Å². The Bertz CT molecular complexity index is 643. The average molecular weight is 318 g/mol. The molecular formula is C17H19FN2OS. The van der Waals surface area contributed by atoms with Crippen molar-refractivity contribution in [2.45, 2.75) is 37.8 Å². The van der Waals surface area contributed by atoms with Crippen LogP contribution in [0.5, 0.6) is 0 Å². The molecule has 2 bridgehead atoms. The van der Waals surface area contributed by atoms with E-state index in [1.54, 1.807) is 23.5 Å². The highest BCUT2D eigenvalue weighted by Crippen LogP contribution is 2.43. The summed E-state index contributed by atoms with van der Waals surface area (Å²) >= 11 is 1.67. The first kappa shape index (κ1) is 14.2. The van der Waals surface area contributed by atoms with Crippen molar-refractivity contribution < 1.29 is 9.50 Å². The molecule has 3 heterocycles. The summed E-state index contributed by atoms with van der Waals surface area (Å²) < 4.78 is 13.0. The summed E-state index contributed by atoms with van der Waals surface area (Å²) in [6.45, 7) is 0.305. The van der Waals surface area contributed by atoms with Gasteiger partial charge in [0.05, 0.1) is 5.69 Å². The number of halogens is 1. The SMILES string of the molecule is OCC1C[C@H]2CC[C@@H](C1)N2c1nc(-c2ccc(F)cc2)cs1. The first-order valence-electron chi connectivity index (χ1n) is 7.85. The summed E-state index contributed by atoms with van der Waals surface area (Å²) in [6.07, 6.45) is 4.54. The monoisotopic (exact) mass is 318 g/mol. The zero-order chi connectivity index (χ0) is 15.1. The lowest BCUT2D eigenvalue weighted by molar-refractivity contribution is 0.186.